The van der Waals surface area contributed by atoms with E-state index in [0.717, 1.165) is 24.6 Å². The number of likely N-dealkylation sites (tertiary alicyclic amines) is 1. The van der Waals surface area contributed by atoms with Crippen LogP contribution in [-0.4, -0.2) is 38.7 Å². The summed E-state index contributed by atoms with van der Waals surface area (Å²) in [5.41, 5.74) is 5.68. The zero-order valence-corrected chi connectivity index (χ0v) is 11.4. The van der Waals surface area contributed by atoms with Crippen molar-refractivity contribution in [2.24, 2.45) is 5.73 Å². The van der Waals surface area contributed by atoms with Crippen LogP contribution in [-0.2, 0) is 6.54 Å². The molecular weight excluding hydrogens is 262 g/mol. The first-order valence-corrected chi connectivity index (χ1v) is 6.91. The van der Waals surface area contributed by atoms with Gasteiger partial charge in [0.15, 0.2) is 0 Å². The van der Waals surface area contributed by atoms with E-state index in [-0.39, 0.29) is 0 Å². The number of amides is 1. The van der Waals surface area contributed by atoms with Crippen molar-refractivity contribution in [2.75, 3.05) is 13.1 Å². The zero-order chi connectivity index (χ0) is 13.4. The van der Waals surface area contributed by atoms with E-state index in [2.05, 4.69) is 15.0 Å². The Morgan fingerprint density at radius 3 is 2.89 bits per heavy atom. The Bertz CT molecular complexity index is 599. The van der Waals surface area contributed by atoms with Crippen molar-refractivity contribution in [1.29, 1.82) is 0 Å². The van der Waals surface area contributed by atoms with Gasteiger partial charge in [-0.1, -0.05) is 0 Å². The summed E-state index contributed by atoms with van der Waals surface area (Å²) in [6.07, 6.45) is 5.19. The molecule has 0 aromatic carbocycles. The molecule has 3 heterocycles. The fourth-order valence-electron chi connectivity index (χ4n) is 2.20. The van der Waals surface area contributed by atoms with E-state index < -0.39 is 5.91 Å². The molecule has 1 fully saturated rings. The van der Waals surface area contributed by atoms with Crippen LogP contribution >= 0.6 is 11.3 Å². The lowest BCUT2D eigenvalue weighted by Gasteiger charge is -2.38. The van der Waals surface area contributed by atoms with E-state index in [1.54, 1.807) is 17.5 Å². The molecule has 2 N–H and O–H groups in total. The number of hydrogen-bond donors (Lipinski definition) is 1. The average Bonchev–Trinajstić information content (AvgIpc) is 2.91. The van der Waals surface area contributed by atoms with E-state index in [1.807, 2.05) is 17.8 Å². The third kappa shape index (κ3) is 2.52. The first kappa shape index (κ1) is 12.3. The molecule has 1 amide bonds. The van der Waals surface area contributed by atoms with Crippen molar-refractivity contribution < 1.29 is 4.79 Å². The van der Waals surface area contributed by atoms with E-state index in [0.29, 0.717) is 11.6 Å². The van der Waals surface area contributed by atoms with Crippen LogP contribution in [0.15, 0.2) is 18.6 Å². The summed E-state index contributed by atoms with van der Waals surface area (Å²) < 4.78 is 1.83. The molecule has 1 saturated heterocycles. The van der Waals surface area contributed by atoms with E-state index in [9.17, 15) is 4.79 Å². The van der Waals surface area contributed by atoms with Gasteiger partial charge in [-0.05, 0) is 6.92 Å². The number of thiazole rings is 1. The van der Waals surface area contributed by atoms with Gasteiger partial charge in [-0.2, -0.15) is 5.10 Å². The molecule has 19 heavy (non-hydrogen) atoms. The number of carbonyl (C=O) groups excluding carboxylic acids is 1. The van der Waals surface area contributed by atoms with Gasteiger partial charge in [0.25, 0.3) is 5.91 Å². The Balaban J connectivity index is 1.55. The number of nitrogens with two attached hydrogens (primary N) is 1. The van der Waals surface area contributed by atoms with Crippen molar-refractivity contribution >= 4 is 17.2 Å². The van der Waals surface area contributed by atoms with Crippen LogP contribution in [0.25, 0.3) is 0 Å². The van der Waals surface area contributed by atoms with Gasteiger partial charge in [0, 0.05) is 36.9 Å². The van der Waals surface area contributed by atoms with E-state index >= 15 is 0 Å². The molecular formula is C12H15N5OS. The molecule has 2 aromatic heterocycles. The lowest BCUT2D eigenvalue weighted by molar-refractivity contribution is 0.0916. The topological polar surface area (TPSA) is 77.0 Å². The van der Waals surface area contributed by atoms with Crippen molar-refractivity contribution in [3.8, 4) is 0 Å². The highest BCUT2D eigenvalue weighted by atomic mass is 32.1. The monoisotopic (exact) mass is 277 g/mol. The molecule has 6 nitrogen and oxygen atoms in total. The number of hydrogen-bond acceptors (Lipinski definition) is 5. The molecule has 7 heteroatoms. The van der Waals surface area contributed by atoms with Gasteiger partial charge in [0.05, 0.1) is 22.8 Å². The normalized spacial score (nSPS) is 16.5. The van der Waals surface area contributed by atoms with Crippen LogP contribution in [0.4, 0.5) is 0 Å². The smallest absolute Gasteiger partial charge is 0.251 e. The van der Waals surface area contributed by atoms with Crippen LogP contribution in [0.2, 0.25) is 0 Å². The van der Waals surface area contributed by atoms with Crippen molar-refractivity contribution in [3.63, 3.8) is 0 Å². The fourth-order valence-corrected chi connectivity index (χ4v) is 3.04. The highest BCUT2D eigenvalue weighted by Crippen LogP contribution is 2.24. The van der Waals surface area contributed by atoms with Gasteiger partial charge in [-0.25, -0.2) is 4.98 Å². The van der Waals surface area contributed by atoms with Crippen LogP contribution in [0, 0.1) is 6.92 Å². The molecule has 0 aliphatic carbocycles. The van der Waals surface area contributed by atoms with Gasteiger partial charge in [0.1, 0.15) is 0 Å². The summed E-state index contributed by atoms with van der Waals surface area (Å²) in [7, 11) is 0. The average molecular weight is 277 g/mol. The summed E-state index contributed by atoms with van der Waals surface area (Å²) in [4.78, 5) is 18.9. The minimum Gasteiger partial charge on any atom is -0.366 e. The molecule has 0 saturated carbocycles. The molecule has 2 aromatic rings. The maximum absolute atomic E-state index is 11.0. The maximum Gasteiger partial charge on any atom is 0.251 e. The van der Waals surface area contributed by atoms with Crippen LogP contribution < -0.4 is 5.73 Å². The molecule has 1 aliphatic rings. The lowest BCUT2D eigenvalue weighted by Crippen LogP contribution is -2.47. The number of aromatic nitrogens is 3. The summed E-state index contributed by atoms with van der Waals surface area (Å²) in [6.45, 7) is 4.84. The first-order valence-electron chi connectivity index (χ1n) is 6.09. The lowest BCUT2D eigenvalue weighted by atomic mass is 10.1. The molecule has 0 bridgehead atoms. The molecule has 1 aliphatic heterocycles. The number of aryl methyl sites for hydroxylation is 1. The molecule has 0 radical (unpaired) electrons. The highest BCUT2D eigenvalue weighted by molar-refractivity contribution is 7.11. The molecule has 0 unspecified atom stereocenters. The Kier molecular flexibility index (Phi) is 3.08. The van der Waals surface area contributed by atoms with Crippen molar-refractivity contribution in [1.82, 2.24) is 19.7 Å². The molecule has 0 atom stereocenters. The summed E-state index contributed by atoms with van der Waals surface area (Å²) in [6, 6.07) is 0.335. The predicted molar refractivity (Wildman–Crippen MR) is 71.9 cm³/mol. The molecule has 3 rings (SSSR count). The molecule has 100 valence electrons. The van der Waals surface area contributed by atoms with Gasteiger partial charge in [-0.3, -0.25) is 14.4 Å². The summed E-state index contributed by atoms with van der Waals surface area (Å²) >= 11 is 1.73. The van der Waals surface area contributed by atoms with Crippen LogP contribution in [0.5, 0.6) is 0 Å². The predicted octanol–water partition coefficient (Wildman–Crippen LogP) is 0.804. The van der Waals surface area contributed by atoms with Gasteiger partial charge in [0.2, 0.25) is 0 Å². The largest absolute Gasteiger partial charge is 0.366 e. The van der Waals surface area contributed by atoms with Gasteiger partial charge < -0.3 is 5.73 Å². The second-order valence-electron chi connectivity index (χ2n) is 4.77. The van der Waals surface area contributed by atoms with Crippen LogP contribution in [0.1, 0.15) is 26.3 Å². The standard InChI is InChI=1S/C12H15N5OS/c1-8-14-3-11(19-8)7-16-5-10(6-16)17-4-9(2-15-17)12(13)18/h2-4,10H,5-7H2,1H3,(H2,13,18). The number of carbonyl (C=O) groups is 1. The first-order chi connectivity index (χ1) is 9.11. The van der Waals surface area contributed by atoms with Crippen LogP contribution in [0.3, 0.4) is 0 Å². The number of rotatable bonds is 4. The molecule has 0 spiro atoms. The zero-order valence-electron chi connectivity index (χ0n) is 10.6. The Hall–Kier alpha value is -1.73. The quantitative estimate of drug-likeness (QED) is 0.897. The Labute approximate surface area is 114 Å². The van der Waals surface area contributed by atoms with E-state index in [4.69, 9.17) is 5.73 Å². The minimum atomic E-state index is -0.428. The maximum atomic E-state index is 11.0. The highest BCUT2D eigenvalue weighted by Gasteiger charge is 2.29. The number of nitrogens with zero attached hydrogens (tertiary/aromatic N) is 4. The van der Waals surface area contributed by atoms with Gasteiger partial charge in [-0.15, -0.1) is 11.3 Å². The van der Waals surface area contributed by atoms with Crippen molar-refractivity contribution in [3.05, 3.63) is 34.0 Å². The fraction of sp³-hybridized carbons (Fsp3) is 0.417. The Morgan fingerprint density at radius 1 is 1.53 bits per heavy atom. The summed E-state index contributed by atoms with van der Waals surface area (Å²) in [5.74, 6) is -0.428. The minimum absolute atomic E-state index is 0.335. The summed E-state index contributed by atoms with van der Waals surface area (Å²) in [5, 5.41) is 5.29. The van der Waals surface area contributed by atoms with Crippen molar-refractivity contribution in [2.45, 2.75) is 19.5 Å². The third-order valence-corrected chi connectivity index (χ3v) is 4.14. The second kappa shape index (κ2) is 4.75. The van der Waals surface area contributed by atoms with E-state index in [1.165, 1.54) is 11.1 Å². The third-order valence-electron chi connectivity index (χ3n) is 3.25. The second-order valence-corrected chi connectivity index (χ2v) is 6.09. The SMILES string of the molecule is Cc1ncc(CN2CC(n3cc(C(N)=O)cn3)C2)s1. The Morgan fingerprint density at radius 2 is 2.32 bits per heavy atom. The number of primary amides is 1. The van der Waals surface area contributed by atoms with Gasteiger partial charge >= 0.3 is 0 Å².